The van der Waals surface area contributed by atoms with E-state index < -0.39 is 8.03 Å². The molecule has 102 valence electrons. The molecule has 0 spiro atoms. The molecule has 16 heavy (non-hydrogen) atoms. The van der Waals surface area contributed by atoms with Gasteiger partial charge in [-0.25, -0.2) is 0 Å². The summed E-state index contributed by atoms with van der Waals surface area (Å²) in [6, 6.07) is 0. The van der Waals surface area contributed by atoms with Crippen molar-refractivity contribution in [3.05, 3.63) is 0 Å². The summed E-state index contributed by atoms with van der Waals surface area (Å²) in [7, 11) is -2.19. The molecule has 0 aliphatic carbocycles. The fourth-order valence-electron chi connectivity index (χ4n) is 1.76. The van der Waals surface area contributed by atoms with E-state index in [4.69, 9.17) is 4.89 Å². The van der Waals surface area contributed by atoms with Gasteiger partial charge in [0.1, 0.15) is 0 Å². The van der Waals surface area contributed by atoms with Crippen LogP contribution in [0.2, 0.25) is 0 Å². The maximum absolute atomic E-state index is 10.4. The van der Waals surface area contributed by atoms with Crippen LogP contribution < -0.4 is 0 Å². The topological polar surface area (TPSA) is 37.3 Å². The Morgan fingerprint density at radius 3 is 1.56 bits per heavy atom. The van der Waals surface area contributed by atoms with Crippen LogP contribution in [0.1, 0.15) is 71.1 Å². The summed E-state index contributed by atoms with van der Waals surface area (Å²) in [5.74, 6) is 0. The minimum atomic E-state index is -2.19. The summed E-state index contributed by atoms with van der Waals surface area (Å²) in [5, 5.41) is 0. The molecule has 0 aromatic rings. The smallest absolute Gasteiger partial charge is 0.189 e. The van der Waals surface area contributed by atoms with E-state index in [1.165, 1.54) is 51.4 Å². The molecule has 1 N–H and O–H groups in total. The van der Waals surface area contributed by atoms with E-state index in [2.05, 4.69) is 6.92 Å². The van der Waals surface area contributed by atoms with E-state index >= 15 is 0 Å². The third-order valence-electron chi connectivity index (χ3n) is 2.74. The first kappa shape index (κ1) is 19.0. The van der Waals surface area contributed by atoms with Gasteiger partial charge in [-0.2, -0.15) is 0 Å². The Labute approximate surface area is 111 Å². The van der Waals surface area contributed by atoms with Crippen molar-refractivity contribution in [3.63, 3.8) is 0 Å². The molecule has 0 bridgehead atoms. The SMILES string of the molecule is CCCCCCCCCCCC[PH](=O)O.[Ni]. The van der Waals surface area contributed by atoms with E-state index in [0.29, 0.717) is 6.16 Å². The molecule has 0 aliphatic rings. The second-order valence-electron chi connectivity index (χ2n) is 4.33. The van der Waals surface area contributed by atoms with Crippen molar-refractivity contribution in [1.29, 1.82) is 0 Å². The first-order valence-electron chi connectivity index (χ1n) is 6.49. The second kappa shape index (κ2) is 15.7. The standard InChI is InChI=1S/C12H27O2P.Ni/c1-2-3-4-5-6-7-8-9-10-11-12-15(13)14;/h15H,2-12H2,1H3,(H,13,14);. The van der Waals surface area contributed by atoms with Crippen LogP contribution >= 0.6 is 8.03 Å². The molecule has 0 aliphatic heterocycles. The van der Waals surface area contributed by atoms with Crippen molar-refractivity contribution in [1.82, 2.24) is 0 Å². The first-order chi connectivity index (χ1) is 7.27. The first-order valence-corrected chi connectivity index (χ1v) is 8.05. The number of hydrogen-bond donors (Lipinski definition) is 1. The Balaban J connectivity index is 0. The predicted octanol–water partition coefficient (Wildman–Crippen LogP) is 4.37. The van der Waals surface area contributed by atoms with Gasteiger partial charge in [-0.15, -0.1) is 0 Å². The maximum Gasteiger partial charge on any atom is 0.189 e. The molecular formula is C12H27NiO2P. The van der Waals surface area contributed by atoms with Crippen LogP contribution in [0.25, 0.3) is 0 Å². The average molecular weight is 293 g/mol. The van der Waals surface area contributed by atoms with Crippen LogP contribution in [0.3, 0.4) is 0 Å². The van der Waals surface area contributed by atoms with Gasteiger partial charge in [0.25, 0.3) is 0 Å². The molecule has 1 unspecified atom stereocenters. The predicted molar refractivity (Wildman–Crippen MR) is 67.9 cm³/mol. The third kappa shape index (κ3) is 17.1. The van der Waals surface area contributed by atoms with E-state index in [1.807, 2.05) is 0 Å². The van der Waals surface area contributed by atoms with Crippen molar-refractivity contribution in [2.45, 2.75) is 71.1 Å². The van der Waals surface area contributed by atoms with Crippen LogP contribution in [0.4, 0.5) is 0 Å². The normalized spacial score (nSPS) is 12.1. The van der Waals surface area contributed by atoms with Gasteiger partial charge in [0, 0.05) is 22.7 Å². The minimum absolute atomic E-state index is 0. The fourth-order valence-corrected chi connectivity index (χ4v) is 2.32. The van der Waals surface area contributed by atoms with Crippen LogP contribution in [-0.4, -0.2) is 11.1 Å². The molecule has 0 saturated heterocycles. The van der Waals surface area contributed by atoms with Gasteiger partial charge >= 0.3 is 0 Å². The van der Waals surface area contributed by atoms with Crippen molar-refractivity contribution >= 4 is 8.03 Å². The molecule has 0 saturated carbocycles. The van der Waals surface area contributed by atoms with Gasteiger partial charge in [-0.05, 0) is 6.42 Å². The van der Waals surface area contributed by atoms with Crippen molar-refractivity contribution in [2.75, 3.05) is 6.16 Å². The van der Waals surface area contributed by atoms with E-state index in [-0.39, 0.29) is 16.5 Å². The van der Waals surface area contributed by atoms with Crippen LogP contribution in [0.15, 0.2) is 0 Å². The molecule has 0 aromatic carbocycles. The van der Waals surface area contributed by atoms with Crippen LogP contribution in [-0.2, 0) is 21.1 Å². The Kier molecular flexibility index (Phi) is 18.7. The molecular weight excluding hydrogens is 266 g/mol. The van der Waals surface area contributed by atoms with Crippen molar-refractivity contribution in [2.24, 2.45) is 0 Å². The van der Waals surface area contributed by atoms with Crippen molar-refractivity contribution < 1.29 is 25.9 Å². The van der Waals surface area contributed by atoms with Gasteiger partial charge in [-0.1, -0.05) is 64.7 Å². The minimum Gasteiger partial charge on any atom is -0.346 e. The number of rotatable bonds is 11. The molecule has 0 radical (unpaired) electrons. The Morgan fingerprint density at radius 1 is 0.812 bits per heavy atom. The number of unbranched alkanes of at least 4 members (excludes halogenated alkanes) is 9. The molecule has 4 heteroatoms. The summed E-state index contributed by atoms with van der Waals surface area (Å²) in [5.41, 5.74) is 0. The zero-order valence-corrected chi connectivity index (χ0v) is 12.4. The molecule has 0 fully saturated rings. The summed E-state index contributed by atoms with van der Waals surface area (Å²) >= 11 is 0. The summed E-state index contributed by atoms with van der Waals surface area (Å²) in [6.45, 7) is 2.24. The maximum atomic E-state index is 10.4. The van der Waals surface area contributed by atoms with Gasteiger partial charge in [0.2, 0.25) is 0 Å². The van der Waals surface area contributed by atoms with Crippen LogP contribution in [0.5, 0.6) is 0 Å². The zero-order valence-electron chi connectivity index (χ0n) is 10.4. The molecule has 0 amide bonds. The van der Waals surface area contributed by atoms with E-state index in [1.54, 1.807) is 0 Å². The number of hydrogen-bond acceptors (Lipinski definition) is 1. The Hall–Kier alpha value is 0.684. The van der Waals surface area contributed by atoms with E-state index in [0.717, 1.165) is 12.8 Å². The largest absolute Gasteiger partial charge is 0.346 e. The van der Waals surface area contributed by atoms with Crippen molar-refractivity contribution in [3.8, 4) is 0 Å². The molecule has 0 rings (SSSR count). The molecule has 1 atom stereocenters. The Morgan fingerprint density at radius 2 is 1.19 bits per heavy atom. The summed E-state index contributed by atoms with van der Waals surface area (Å²) < 4.78 is 10.4. The quantitative estimate of drug-likeness (QED) is 0.349. The average Bonchev–Trinajstić information content (AvgIpc) is 2.20. The monoisotopic (exact) mass is 292 g/mol. The van der Waals surface area contributed by atoms with Gasteiger partial charge < -0.3 is 4.89 Å². The summed E-state index contributed by atoms with van der Waals surface area (Å²) in [4.78, 5) is 8.62. The molecule has 0 heterocycles. The third-order valence-corrected chi connectivity index (χ3v) is 3.53. The van der Waals surface area contributed by atoms with E-state index in [9.17, 15) is 4.57 Å². The zero-order chi connectivity index (χ0) is 11.4. The van der Waals surface area contributed by atoms with Gasteiger partial charge in [-0.3, -0.25) is 4.57 Å². The molecule has 2 nitrogen and oxygen atoms in total. The van der Waals surface area contributed by atoms with Gasteiger partial charge in [0.15, 0.2) is 8.03 Å². The molecule has 0 aromatic heterocycles. The second-order valence-corrected chi connectivity index (χ2v) is 5.61. The summed E-state index contributed by atoms with van der Waals surface area (Å²) in [6.07, 6.45) is 13.3. The van der Waals surface area contributed by atoms with Gasteiger partial charge in [0.05, 0.1) is 0 Å². The fraction of sp³-hybridized carbons (Fsp3) is 1.00. The Bertz CT molecular complexity index is 154. The van der Waals surface area contributed by atoms with Crippen LogP contribution in [0, 0.1) is 0 Å².